The molecule has 0 bridgehead atoms. The van der Waals surface area contributed by atoms with E-state index in [1.54, 1.807) is 6.34 Å². The van der Waals surface area contributed by atoms with Crippen LogP contribution in [0.3, 0.4) is 0 Å². The van der Waals surface area contributed by atoms with Crippen molar-refractivity contribution in [3.63, 3.8) is 0 Å². The van der Waals surface area contributed by atoms with Crippen molar-refractivity contribution in [3.8, 4) is 0 Å². The molecule has 2 heterocycles. The molecule has 10 heteroatoms. The van der Waals surface area contributed by atoms with Gasteiger partial charge in [-0.3, -0.25) is 15.3 Å². The Labute approximate surface area is 175 Å². The molecule has 1 aromatic rings. The van der Waals surface area contributed by atoms with Crippen molar-refractivity contribution in [2.24, 2.45) is 4.99 Å². The Bertz CT molecular complexity index is 845. The molecular formula is C20H28F2N6O2. The fourth-order valence-corrected chi connectivity index (χ4v) is 3.60. The Balaban J connectivity index is 1.70. The summed E-state index contributed by atoms with van der Waals surface area (Å²) >= 11 is 0. The first-order chi connectivity index (χ1) is 14.3. The third-order valence-electron chi connectivity index (χ3n) is 5.25. The number of benzene rings is 1. The molecule has 2 aliphatic heterocycles. The quantitative estimate of drug-likeness (QED) is 0.446. The number of quaternary nitrogens is 1. The van der Waals surface area contributed by atoms with Gasteiger partial charge in [-0.15, -0.1) is 0 Å². The number of hydroxylamine groups is 1. The van der Waals surface area contributed by atoms with Crippen molar-refractivity contribution in [3.05, 3.63) is 51.9 Å². The molecule has 164 valence electrons. The minimum atomic E-state index is -0.965. The van der Waals surface area contributed by atoms with Crippen LogP contribution in [0, 0.1) is 16.8 Å². The van der Waals surface area contributed by atoms with E-state index in [1.165, 1.54) is 13.1 Å². The highest BCUT2D eigenvalue weighted by atomic mass is 19.2. The summed E-state index contributed by atoms with van der Waals surface area (Å²) in [6.07, 6.45) is 2.77. The summed E-state index contributed by atoms with van der Waals surface area (Å²) in [5, 5.41) is 16.7. The summed E-state index contributed by atoms with van der Waals surface area (Å²) in [5.41, 5.74) is 1.35. The Hall–Kier alpha value is -2.40. The maximum Gasteiger partial charge on any atom is 0.298 e. The van der Waals surface area contributed by atoms with Gasteiger partial charge in [0.25, 0.3) is 5.91 Å². The molecule has 2 N–H and O–H groups in total. The summed E-state index contributed by atoms with van der Waals surface area (Å²) in [4.78, 5) is 21.1. The average molecular weight is 422 g/mol. The Morgan fingerprint density at radius 1 is 1.33 bits per heavy atom. The van der Waals surface area contributed by atoms with Crippen LogP contribution in [0.5, 0.6) is 0 Å². The molecule has 2 unspecified atom stereocenters. The van der Waals surface area contributed by atoms with Gasteiger partial charge in [0.05, 0.1) is 32.2 Å². The third kappa shape index (κ3) is 5.01. The fourth-order valence-electron chi connectivity index (χ4n) is 3.60. The number of rotatable bonds is 8. The van der Waals surface area contributed by atoms with Crippen molar-refractivity contribution in [1.29, 1.82) is 0 Å². The highest BCUT2D eigenvalue weighted by Crippen LogP contribution is 2.22. The van der Waals surface area contributed by atoms with E-state index in [-0.39, 0.29) is 12.3 Å². The lowest BCUT2D eigenvalue weighted by atomic mass is 9.97. The molecule has 0 radical (unpaired) electrons. The zero-order chi connectivity index (χ0) is 21.8. The highest BCUT2D eigenvalue weighted by molar-refractivity contribution is 5.95. The number of amides is 1. The first-order valence-electron chi connectivity index (χ1n) is 9.90. The number of carbonyl (C=O) groups excluding carboxylic acids is 1. The first kappa shape index (κ1) is 22.3. The van der Waals surface area contributed by atoms with E-state index >= 15 is 0 Å². The molecule has 2 atom stereocenters. The second-order valence-corrected chi connectivity index (χ2v) is 7.88. The largest absolute Gasteiger partial charge is 0.607 e. The molecule has 8 nitrogen and oxygen atoms in total. The van der Waals surface area contributed by atoms with Crippen molar-refractivity contribution in [2.45, 2.75) is 18.9 Å². The lowest BCUT2D eigenvalue weighted by Crippen LogP contribution is -3.19. The van der Waals surface area contributed by atoms with E-state index in [1.807, 2.05) is 19.0 Å². The predicted molar refractivity (Wildman–Crippen MR) is 109 cm³/mol. The normalized spacial score (nSPS) is 21.6. The molecule has 2 aliphatic rings. The number of hydrogen-bond donors (Lipinski definition) is 2. The summed E-state index contributed by atoms with van der Waals surface area (Å²) in [5.74, 6) is -2.27. The molecule has 0 fully saturated rings. The molecule has 1 amide bonds. The fraction of sp³-hybridized carbons (Fsp3) is 0.500. The van der Waals surface area contributed by atoms with Crippen LogP contribution in [0.4, 0.5) is 8.78 Å². The minimum absolute atomic E-state index is 0.145. The van der Waals surface area contributed by atoms with Crippen LogP contribution in [0.2, 0.25) is 0 Å². The highest BCUT2D eigenvalue weighted by Gasteiger charge is 2.40. The summed E-state index contributed by atoms with van der Waals surface area (Å²) in [6, 6.07) is 2.85. The van der Waals surface area contributed by atoms with Crippen LogP contribution in [-0.2, 0) is 11.2 Å². The van der Waals surface area contributed by atoms with E-state index in [2.05, 4.69) is 15.2 Å². The molecule has 0 aromatic heterocycles. The standard InChI is InChI=1S/C20H28F2N6O2/c1-25(2)8-4-7-23-12-27-11-15-19(24-13-27)18(28(30)26(3)20(15)29)10-14-5-6-16(21)17(22)9-14/h5-6,9,13,18,23,28H,4,7-8,10-12H2,1-3H3. The number of carbonyl (C=O) groups is 1. The van der Waals surface area contributed by atoms with Gasteiger partial charge in [-0.05, 0) is 51.3 Å². The summed E-state index contributed by atoms with van der Waals surface area (Å²) in [6.45, 7) is 2.68. The number of hydrogen-bond acceptors (Lipinski definition) is 6. The Morgan fingerprint density at radius 2 is 2.10 bits per heavy atom. The van der Waals surface area contributed by atoms with Crippen LogP contribution in [0.1, 0.15) is 12.0 Å². The Morgan fingerprint density at radius 3 is 2.80 bits per heavy atom. The van der Waals surface area contributed by atoms with Gasteiger partial charge in [-0.25, -0.2) is 13.8 Å². The van der Waals surface area contributed by atoms with Gasteiger partial charge >= 0.3 is 0 Å². The van der Waals surface area contributed by atoms with Gasteiger partial charge in [0, 0.05) is 6.42 Å². The molecule has 0 aliphatic carbocycles. The summed E-state index contributed by atoms with van der Waals surface area (Å²) < 4.78 is 26.8. The van der Waals surface area contributed by atoms with Gasteiger partial charge in [-0.2, -0.15) is 5.01 Å². The van der Waals surface area contributed by atoms with E-state index < -0.39 is 22.8 Å². The molecule has 30 heavy (non-hydrogen) atoms. The minimum Gasteiger partial charge on any atom is -0.607 e. The van der Waals surface area contributed by atoms with Crippen LogP contribution in [0.15, 0.2) is 34.5 Å². The number of halogens is 2. The number of aliphatic imine (C=N–C) groups is 1. The molecule has 0 spiro atoms. The number of nitrogens with zero attached hydrogens (tertiary/aromatic N) is 4. The Kier molecular flexibility index (Phi) is 7.14. The van der Waals surface area contributed by atoms with Crippen LogP contribution in [0.25, 0.3) is 0 Å². The second-order valence-electron chi connectivity index (χ2n) is 7.88. The van der Waals surface area contributed by atoms with Crippen LogP contribution >= 0.6 is 0 Å². The smallest absolute Gasteiger partial charge is 0.298 e. The van der Waals surface area contributed by atoms with E-state index in [0.717, 1.165) is 36.7 Å². The van der Waals surface area contributed by atoms with Crippen LogP contribution in [-0.4, -0.2) is 80.5 Å². The van der Waals surface area contributed by atoms with Gasteiger partial charge < -0.3 is 15.0 Å². The van der Waals surface area contributed by atoms with E-state index in [9.17, 15) is 18.8 Å². The van der Waals surface area contributed by atoms with Crippen molar-refractivity contribution in [1.82, 2.24) is 20.1 Å². The van der Waals surface area contributed by atoms with Gasteiger partial charge in [0.2, 0.25) is 0 Å². The average Bonchev–Trinajstić information content (AvgIpc) is 2.71. The second kappa shape index (κ2) is 9.61. The maximum atomic E-state index is 13.6. The van der Waals surface area contributed by atoms with Gasteiger partial charge in [0.1, 0.15) is 5.70 Å². The number of likely N-dealkylation sites (N-methyl/N-ethyl adjacent to an activating group) is 1. The predicted octanol–water partition coefficient (Wildman–Crippen LogP) is -0.258. The zero-order valence-electron chi connectivity index (χ0n) is 17.5. The van der Waals surface area contributed by atoms with Crippen molar-refractivity contribution < 1.29 is 18.7 Å². The maximum absolute atomic E-state index is 13.6. The monoisotopic (exact) mass is 422 g/mol. The first-order valence-corrected chi connectivity index (χ1v) is 9.90. The molecule has 3 rings (SSSR count). The lowest BCUT2D eigenvalue weighted by Gasteiger charge is -2.43. The van der Waals surface area contributed by atoms with Crippen molar-refractivity contribution in [2.75, 3.05) is 47.4 Å². The van der Waals surface area contributed by atoms with Gasteiger partial charge in [0.15, 0.2) is 17.7 Å². The van der Waals surface area contributed by atoms with Crippen molar-refractivity contribution >= 4 is 12.2 Å². The zero-order valence-corrected chi connectivity index (χ0v) is 17.5. The van der Waals surface area contributed by atoms with E-state index in [0.29, 0.717) is 30.0 Å². The third-order valence-corrected chi connectivity index (χ3v) is 5.25. The SMILES string of the molecule is CN(C)CCCNCN1C=NC2=C(C1)C(=O)N(C)[NH+]([O-])C2Cc1ccc(F)c(F)c1. The van der Waals surface area contributed by atoms with Gasteiger partial charge in [-0.1, -0.05) is 6.07 Å². The topological polar surface area (TPSA) is 78.7 Å². The van der Waals surface area contributed by atoms with E-state index in [4.69, 9.17) is 0 Å². The molecule has 0 saturated carbocycles. The summed E-state index contributed by atoms with van der Waals surface area (Å²) in [7, 11) is 5.48. The molecule has 0 saturated heterocycles. The lowest BCUT2D eigenvalue weighted by molar-refractivity contribution is -0.974. The number of nitrogens with one attached hydrogen (secondary N) is 2. The molecule has 1 aromatic carbocycles. The van der Waals surface area contributed by atoms with Crippen LogP contribution < -0.4 is 10.5 Å². The molecular weight excluding hydrogens is 394 g/mol.